The Labute approximate surface area is 168 Å². The predicted molar refractivity (Wildman–Crippen MR) is 113 cm³/mol. The van der Waals surface area contributed by atoms with Gasteiger partial charge >= 0.3 is 5.69 Å². The predicted octanol–water partition coefficient (Wildman–Crippen LogP) is 0.506. The average Bonchev–Trinajstić information content (AvgIpc) is 3.09. The maximum absolute atomic E-state index is 13.1. The lowest BCUT2D eigenvalue weighted by atomic mass is 10.1. The van der Waals surface area contributed by atoms with E-state index in [4.69, 9.17) is 17.1 Å². The van der Waals surface area contributed by atoms with Gasteiger partial charge in [-0.1, -0.05) is 36.3 Å². The van der Waals surface area contributed by atoms with E-state index < -0.39 is 5.69 Å². The van der Waals surface area contributed by atoms with Crippen molar-refractivity contribution in [3.63, 3.8) is 0 Å². The van der Waals surface area contributed by atoms with E-state index >= 15 is 0 Å². The Kier molecular flexibility index (Phi) is 4.99. The molecule has 8 nitrogen and oxygen atoms in total. The number of anilines is 1. The van der Waals surface area contributed by atoms with Gasteiger partial charge in [-0.2, -0.15) is 4.98 Å². The van der Waals surface area contributed by atoms with Crippen LogP contribution in [0.3, 0.4) is 0 Å². The molecule has 1 aromatic carbocycles. The van der Waals surface area contributed by atoms with E-state index in [1.165, 1.54) is 11.6 Å². The minimum absolute atomic E-state index is 0.0458. The summed E-state index contributed by atoms with van der Waals surface area (Å²) in [7, 11) is 1.47. The Balaban J connectivity index is 2.00. The zero-order valence-corrected chi connectivity index (χ0v) is 16.4. The third-order valence-corrected chi connectivity index (χ3v) is 5.38. The monoisotopic (exact) mass is 392 g/mol. The van der Waals surface area contributed by atoms with Crippen LogP contribution in [0.15, 0.2) is 39.9 Å². The second-order valence-electron chi connectivity index (χ2n) is 7.44. The minimum atomic E-state index is -0.466. The lowest BCUT2D eigenvalue weighted by molar-refractivity contribution is 0.495. The summed E-state index contributed by atoms with van der Waals surface area (Å²) in [4.78, 5) is 32.6. The van der Waals surface area contributed by atoms with Gasteiger partial charge in [0, 0.05) is 26.2 Å². The Morgan fingerprint density at radius 3 is 2.69 bits per heavy atom. The van der Waals surface area contributed by atoms with E-state index in [0.29, 0.717) is 30.2 Å². The molecular formula is C21H24N6O2. The van der Waals surface area contributed by atoms with Crippen LogP contribution in [0.4, 0.5) is 5.95 Å². The topological polar surface area (TPSA) is 91.1 Å². The van der Waals surface area contributed by atoms with Crippen molar-refractivity contribution < 1.29 is 0 Å². The molecule has 2 aromatic heterocycles. The number of rotatable bonds is 4. The number of aromatic nitrogens is 4. The van der Waals surface area contributed by atoms with Gasteiger partial charge in [0.1, 0.15) is 0 Å². The molecule has 4 rings (SSSR count). The van der Waals surface area contributed by atoms with Crippen LogP contribution in [-0.2, 0) is 20.1 Å². The highest BCUT2D eigenvalue weighted by Gasteiger charge is 2.26. The van der Waals surface area contributed by atoms with Gasteiger partial charge in [-0.3, -0.25) is 18.5 Å². The van der Waals surface area contributed by atoms with Gasteiger partial charge in [0.2, 0.25) is 5.95 Å². The minimum Gasteiger partial charge on any atom is -0.341 e. The van der Waals surface area contributed by atoms with Gasteiger partial charge in [-0.05, 0) is 18.4 Å². The molecule has 1 atom stereocenters. The lowest BCUT2D eigenvalue weighted by Gasteiger charge is -2.31. The van der Waals surface area contributed by atoms with Gasteiger partial charge in [-0.15, -0.1) is 6.42 Å². The molecule has 0 aliphatic carbocycles. The van der Waals surface area contributed by atoms with Crippen molar-refractivity contribution in [3.05, 3.63) is 56.7 Å². The van der Waals surface area contributed by atoms with Gasteiger partial charge in [0.25, 0.3) is 5.56 Å². The first kappa shape index (κ1) is 19.0. The molecule has 8 heteroatoms. The zero-order valence-electron chi connectivity index (χ0n) is 16.4. The second kappa shape index (κ2) is 7.60. The highest BCUT2D eigenvalue weighted by molar-refractivity contribution is 5.75. The fourth-order valence-electron chi connectivity index (χ4n) is 3.93. The molecule has 1 unspecified atom stereocenters. The Hall–Kier alpha value is -3.31. The normalized spacial score (nSPS) is 16.9. The third-order valence-electron chi connectivity index (χ3n) is 5.38. The van der Waals surface area contributed by atoms with Crippen molar-refractivity contribution in [2.24, 2.45) is 12.8 Å². The number of hydrogen-bond acceptors (Lipinski definition) is 5. The summed E-state index contributed by atoms with van der Waals surface area (Å²) < 4.78 is 4.36. The standard InChI is InChI=1S/C21H24N6O2/c1-3-11-26-18-17(19(28)24(2)21(26)29)27(13-15-8-5-4-6-9-15)20(23-18)25-12-7-10-16(22)14-25/h1,4-6,8-9,16H,7,10-14,22H2,2H3. The number of fused-ring (bicyclic) bond motifs is 1. The van der Waals surface area contributed by atoms with Crippen LogP contribution in [0, 0.1) is 12.3 Å². The number of piperidine rings is 1. The first-order chi connectivity index (χ1) is 14.0. The molecule has 150 valence electrons. The second-order valence-corrected chi connectivity index (χ2v) is 7.44. The van der Waals surface area contributed by atoms with Crippen molar-refractivity contribution in [1.29, 1.82) is 0 Å². The molecule has 0 amide bonds. The smallest absolute Gasteiger partial charge is 0.333 e. The van der Waals surface area contributed by atoms with Crippen molar-refractivity contribution in [3.8, 4) is 12.3 Å². The van der Waals surface area contributed by atoms with Crippen LogP contribution in [0.2, 0.25) is 0 Å². The number of terminal acetylenes is 1. The SMILES string of the molecule is C#CCn1c(=O)n(C)c(=O)c2c1nc(N1CCCC(N)C1)n2Cc1ccccc1. The first-order valence-electron chi connectivity index (χ1n) is 9.69. The average molecular weight is 392 g/mol. The summed E-state index contributed by atoms with van der Waals surface area (Å²) in [5.41, 5.74) is 7.07. The highest BCUT2D eigenvalue weighted by atomic mass is 16.2. The molecule has 1 saturated heterocycles. The van der Waals surface area contributed by atoms with Crippen LogP contribution < -0.4 is 21.9 Å². The summed E-state index contributed by atoms with van der Waals surface area (Å²) in [5, 5.41) is 0. The van der Waals surface area contributed by atoms with E-state index in [0.717, 1.165) is 29.5 Å². The quantitative estimate of drug-likeness (QED) is 0.653. The highest BCUT2D eigenvalue weighted by Crippen LogP contribution is 2.24. The third kappa shape index (κ3) is 3.34. The molecule has 2 N–H and O–H groups in total. The maximum Gasteiger partial charge on any atom is 0.333 e. The molecule has 3 heterocycles. The van der Waals surface area contributed by atoms with Gasteiger partial charge in [-0.25, -0.2) is 4.79 Å². The van der Waals surface area contributed by atoms with E-state index in [1.807, 2.05) is 34.9 Å². The van der Waals surface area contributed by atoms with E-state index in [-0.39, 0.29) is 18.1 Å². The fraction of sp³-hybridized carbons (Fsp3) is 0.381. The van der Waals surface area contributed by atoms with Crippen LogP contribution in [0.1, 0.15) is 18.4 Å². The van der Waals surface area contributed by atoms with E-state index in [1.54, 1.807) is 0 Å². The Morgan fingerprint density at radius 2 is 2.00 bits per heavy atom. The molecule has 1 aliphatic heterocycles. The molecule has 29 heavy (non-hydrogen) atoms. The summed E-state index contributed by atoms with van der Waals surface area (Å²) in [6.07, 6.45) is 7.39. The summed E-state index contributed by atoms with van der Waals surface area (Å²) in [6.45, 7) is 1.95. The molecule has 0 saturated carbocycles. The number of hydrogen-bond donors (Lipinski definition) is 1. The van der Waals surface area contributed by atoms with E-state index in [2.05, 4.69) is 10.8 Å². The number of imidazole rings is 1. The van der Waals surface area contributed by atoms with Crippen molar-refractivity contribution in [2.75, 3.05) is 18.0 Å². The van der Waals surface area contributed by atoms with Crippen molar-refractivity contribution in [1.82, 2.24) is 18.7 Å². The first-order valence-corrected chi connectivity index (χ1v) is 9.69. The molecule has 0 radical (unpaired) electrons. The fourth-order valence-corrected chi connectivity index (χ4v) is 3.93. The lowest BCUT2D eigenvalue weighted by Crippen LogP contribution is -2.44. The van der Waals surface area contributed by atoms with Crippen LogP contribution in [0.5, 0.6) is 0 Å². The van der Waals surface area contributed by atoms with Crippen molar-refractivity contribution in [2.45, 2.75) is 32.0 Å². The molecule has 1 aliphatic rings. The molecule has 3 aromatic rings. The number of benzene rings is 1. The molecule has 0 bridgehead atoms. The van der Waals surface area contributed by atoms with Crippen molar-refractivity contribution >= 4 is 17.1 Å². The Bertz CT molecular complexity index is 1200. The molecular weight excluding hydrogens is 368 g/mol. The molecule has 0 spiro atoms. The zero-order chi connectivity index (χ0) is 20.5. The summed E-state index contributed by atoms with van der Waals surface area (Å²) >= 11 is 0. The largest absolute Gasteiger partial charge is 0.341 e. The van der Waals surface area contributed by atoms with Crippen LogP contribution >= 0.6 is 0 Å². The van der Waals surface area contributed by atoms with Crippen LogP contribution in [-0.4, -0.2) is 37.8 Å². The van der Waals surface area contributed by atoms with Crippen LogP contribution in [0.25, 0.3) is 11.2 Å². The number of nitrogens with zero attached hydrogens (tertiary/aromatic N) is 5. The summed E-state index contributed by atoms with van der Waals surface area (Å²) in [6, 6.07) is 9.90. The Morgan fingerprint density at radius 1 is 1.24 bits per heavy atom. The molecule has 1 fully saturated rings. The van der Waals surface area contributed by atoms with E-state index in [9.17, 15) is 9.59 Å². The van der Waals surface area contributed by atoms with Gasteiger partial charge < -0.3 is 10.6 Å². The number of nitrogens with two attached hydrogens (primary N) is 1. The summed E-state index contributed by atoms with van der Waals surface area (Å²) in [5.74, 6) is 3.14. The van der Waals surface area contributed by atoms with Gasteiger partial charge in [0.15, 0.2) is 11.2 Å². The van der Waals surface area contributed by atoms with Gasteiger partial charge in [0.05, 0.1) is 13.1 Å². The maximum atomic E-state index is 13.1.